The normalized spacial score (nSPS) is 22.2. The second kappa shape index (κ2) is 8.90. The highest BCUT2D eigenvalue weighted by molar-refractivity contribution is 7.90. The van der Waals surface area contributed by atoms with E-state index in [0.29, 0.717) is 34.7 Å². The molecule has 2 fully saturated rings. The fourth-order valence-corrected chi connectivity index (χ4v) is 5.69. The Kier molecular flexibility index (Phi) is 6.36. The van der Waals surface area contributed by atoms with E-state index in [1.165, 1.54) is 5.56 Å². The Labute approximate surface area is 190 Å². The maximum Gasteiger partial charge on any atom is 0.257 e. The van der Waals surface area contributed by atoms with E-state index >= 15 is 0 Å². The first kappa shape index (κ1) is 22.9. The SMILES string of the molecule is Cc1nc(S(C)(=O)=O)nc(C)c1C(=O)N1CC2CN(CC[C@H](C)c3ccccc3)CC2C1. The molecule has 0 aliphatic carbocycles. The highest BCUT2D eigenvalue weighted by atomic mass is 32.2. The fourth-order valence-electron chi connectivity index (χ4n) is 5.08. The maximum absolute atomic E-state index is 13.2. The summed E-state index contributed by atoms with van der Waals surface area (Å²) in [5.74, 6) is 1.43. The highest BCUT2D eigenvalue weighted by Crippen LogP contribution is 2.33. The van der Waals surface area contributed by atoms with E-state index in [4.69, 9.17) is 0 Å². The largest absolute Gasteiger partial charge is 0.338 e. The molecule has 4 rings (SSSR count). The first-order valence-corrected chi connectivity index (χ1v) is 13.1. The van der Waals surface area contributed by atoms with Crippen LogP contribution in [0.25, 0.3) is 0 Å². The van der Waals surface area contributed by atoms with Crippen LogP contribution in [0.4, 0.5) is 0 Å². The van der Waals surface area contributed by atoms with Gasteiger partial charge in [0.2, 0.25) is 15.0 Å². The zero-order chi connectivity index (χ0) is 23.0. The summed E-state index contributed by atoms with van der Waals surface area (Å²) in [5, 5.41) is -0.220. The minimum atomic E-state index is -3.51. The standard InChI is InChI=1S/C24H32N4O3S/c1-16(19-8-6-5-7-9-19)10-11-27-12-20-14-28(15-21(20)13-27)23(29)22-17(2)25-24(26-18(22)3)32(4,30)31/h5-9,16,20-21H,10-15H2,1-4H3/t16-,20?,21?/m0/s1. The first-order chi connectivity index (χ1) is 15.1. The third-order valence-electron chi connectivity index (χ3n) is 6.89. The van der Waals surface area contributed by atoms with E-state index in [2.05, 4.69) is 52.1 Å². The molecule has 0 bridgehead atoms. The molecule has 32 heavy (non-hydrogen) atoms. The molecule has 2 saturated heterocycles. The van der Waals surface area contributed by atoms with Gasteiger partial charge in [-0.3, -0.25) is 4.79 Å². The number of hydrogen-bond acceptors (Lipinski definition) is 6. The van der Waals surface area contributed by atoms with Crippen LogP contribution in [0.15, 0.2) is 35.5 Å². The average molecular weight is 457 g/mol. The molecule has 2 aliphatic rings. The monoisotopic (exact) mass is 456 g/mol. The van der Waals surface area contributed by atoms with E-state index in [-0.39, 0.29) is 11.1 Å². The number of benzene rings is 1. The van der Waals surface area contributed by atoms with Crippen LogP contribution in [0.2, 0.25) is 0 Å². The van der Waals surface area contributed by atoms with Gasteiger partial charge < -0.3 is 9.80 Å². The number of rotatable bonds is 6. The van der Waals surface area contributed by atoms with Gasteiger partial charge in [0.05, 0.1) is 17.0 Å². The van der Waals surface area contributed by atoms with Gasteiger partial charge in [0.1, 0.15) is 0 Å². The van der Waals surface area contributed by atoms with E-state index in [1.807, 2.05) is 4.90 Å². The lowest BCUT2D eigenvalue weighted by Crippen LogP contribution is -2.35. The molecule has 1 aromatic carbocycles. The second-order valence-electron chi connectivity index (χ2n) is 9.41. The van der Waals surface area contributed by atoms with Gasteiger partial charge in [0.25, 0.3) is 5.91 Å². The lowest BCUT2D eigenvalue weighted by Gasteiger charge is -2.23. The summed E-state index contributed by atoms with van der Waals surface area (Å²) >= 11 is 0. The Morgan fingerprint density at radius 3 is 2.12 bits per heavy atom. The van der Waals surface area contributed by atoms with Crippen LogP contribution in [0, 0.1) is 25.7 Å². The number of carbonyl (C=O) groups excluding carboxylic acids is 1. The van der Waals surface area contributed by atoms with Crippen molar-refractivity contribution in [3.8, 4) is 0 Å². The van der Waals surface area contributed by atoms with Crippen LogP contribution in [-0.2, 0) is 9.84 Å². The van der Waals surface area contributed by atoms with Gasteiger partial charge in [-0.05, 0) is 50.1 Å². The lowest BCUT2D eigenvalue weighted by molar-refractivity contribution is 0.0771. The van der Waals surface area contributed by atoms with Gasteiger partial charge >= 0.3 is 0 Å². The number of hydrogen-bond donors (Lipinski definition) is 0. The van der Waals surface area contributed by atoms with Crippen LogP contribution >= 0.6 is 0 Å². The molecule has 0 radical (unpaired) electrons. The Hall–Kier alpha value is -2.32. The van der Waals surface area contributed by atoms with Gasteiger partial charge in [0.15, 0.2) is 0 Å². The zero-order valence-corrected chi connectivity index (χ0v) is 20.1. The van der Waals surface area contributed by atoms with Crippen molar-refractivity contribution in [2.24, 2.45) is 11.8 Å². The summed E-state index contributed by atoms with van der Waals surface area (Å²) in [6, 6.07) is 10.6. The number of amides is 1. The van der Waals surface area contributed by atoms with Crippen LogP contribution in [0.3, 0.4) is 0 Å². The van der Waals surface area contributed by atoms with E-state index in [1.54, 1.807) is 13.8 Å². The van der Waals surface area contributed by atoms with E-state index in [9.17, 15) is 13.2 Å². The third kappa shape index (κ3) is 4.71. The van der Waals surface area contributed by atoms with Gasteiger partial charge in [0, 0.05) is 32.4 Å². The van der Waals surface area contributed by atoms with Crippen LogP contribution < -0.4 is 0 Å². The van der Waals surface area contributed by atoms with Crippen molar-refractivity contribution in [1.29, 1.82) is 0 Å². The molecular weight excluding hydrogens is 424 g/mol. The Balaban J connectivity index is 1.35. The summed E-state index contributed by atoms with van der Waals surface area (Å²) < 4.78 is 23.6. The van der Waals surface area contributed by atoms with Crippen molar-refractivity contribution in [1.82, 2.24) is 19.8 Å². The van der Waals surface area contributed by atoms with Gasteiger partial charge in [-0.2, -0.15) is 0 Å². The van der Waals surface area contributed by atoms with E-state index in [0.717, 1.165) is 45.4 Å². The topological polar surface area (TPSA) is 83.5 Å². The molecule has 172 valence electrons. The molecule has 3 atom stereocenters. The summed E-state index contributed by atoms with van der Waals surface area (Å²) in [4.78, 5) is 25.8. The molecule has 0 spiro atoms. The summed E-state index contributed by atoms with van der Waals surface area (Å²) in [6.07, 6.45) is 2.21. The summed E-state index contributed by atoms with van der Waals surface area (Å²) in [5.41, 5.74) is 2.68. The molecule has 1 amide bonds. The summed E-state index contributed by atoms with van der Waals surface area (Å²) in [7, 11) is -3.51. The molecular formula is C24H32N4O3S. The molecule has 2 aromatic rings. The molecule has 7 nitrogen and oxygen atoms in total. The van der Waals surface area contributed by atoms with E-state index < -0.39 is 9.84 Å². The van der Waals surface area contributed by atoms with Crippen molar-refractivity contribution in [3.63, 3.8) is 0 Å². The minimum absolute atomic E-state index is 0.0845. The number of likely N-dealkylation sites (tertiary alicyclic amines) is 2. The number of sulfone groups is 1. The van der Waals surface area contributed by atoms with Crippen LogP contribution in [0.5, 0.6) is 0 Å². The molecule has 8 heteroatoms. The first-order valence-electron chi connectivity index (χ1n) is 11.3. The second-order valence-corrected chi connectivity index (χ2v) is 11.3. The maximum atomic E-state index is 13.2. The Bertz CT molecular complexity index is 1070. The minimum Gasteiger partial charge on any atom is -0.338 e. The van der Waals surface area contributed by atoms with Crippen LogP contribution in [-0.4, -0.2) is 73.1 Å². The van der Waals surface area contributed by atoms with Gasteiger partial charge in [-0.1, -0.05) is 37.3 Å². The lowest BCUT2D eigenvalue weighted by atomic mass is 9.98. The zero-order valence-electron chi connectivity index (χ0n) is 19.3. The average Bonchev–Trinajstić information content (AvgIpc) is 3.30. The predicted molar refractivity (Wildman–Crippen MR) is 123 cm³/mol. The van der Waals surface area contributed by atoms with Crippen LogP contribution in [0.1, 0.15) is 46.6 Å². The number of aryl methyl sites for hydroxylation is 2. The number of nitrogens with zero attached hydrogens (tertiary/aromatic N) is 4. The highest BCUT2D eigenvalue weighted by Gasteiger charge is 2.42. The number of fused-ring (bicyclic) bond motifs is 1. The molecule has 2 unspecified atom stereocenters. The van der Waals surface area contributed by atoms with Gasteiger partial charge in [-0.25, -0.2) is 18.4 Å². The molecule has 1 aromatic heterocycles. The molecule has 0 saturated carbocycles. The summed E-state index contributed by atoms with van der Waals surface area (Å²) in [6.45, 7) is 10.3. The Morgan fingerprint density at radius 1 is 1.03 bits per heavy atom. The third-order valence-corrected chi connectivity index (χ3v) is 7.74. The quantitative estimate of drug-likeness (QED) is 0.622. The Morgan fingerprint density at radius 2 is 1.59 bits per heavy atom. The van der Waals surface area contributed by atoms with Crippen molar-refractivity contribution in [2.75, 3.05) is 39.0 Å². The van der Waals surface area contributed by atoms with Crippen molar-refractivity contribution >= 4 is 15.7 Å². The molecule has 0 N–H and O–H groups in total. The van der Waals surface area contributed by atoms with Crippen molar-refractivity contribution in [2.45, 2.75) is 38.3 Å². The molecule has 3 heterocycles. The van der Waals surface area contributed by atoms with Crippen molar-refractivity contribution < 1.29 is 13.2 Å². The number of aromatic nitrogens is 2. The van der Waals surface area contributed by atoms with Crippen molar-refractivity contribution in [3.05, 3.63) is 52.8 Å². The fraction of sp³-hybridized carbons (Fsp3) is 0.542. The smallest absolute Gasteiger partial charge is 0.257 e. The molecule has 2 aliphatic heterocycles. The van der Waals surface area contributed by atoms with Gasteiger partial charge in [-0.15, -0.1) is 0 Å². The number of carbonyl (C=O) groups is 1. The predicted octanol–water partition coefficient (Wildman–Crippen LogP) is 2.69.